The molecule has 1 atom stereocenters. The number of hydrogen-bond donors (Lipinski definition) is 2. The van der Waals surface area contributed by atoms with E-state index in [-0.39, 0.29) is 12.2 Å². The average Bonchev–Trinajstić information content (AvgIpc) is 2.86. The number of nitrogens with one attached hydrogen (secondary N) is 1. The van der Waals surface area contributed by atoms with Crippen LogP contribution in [0.1, 0.15) is 41.4 Å². The number of ether oxygens (including phenoxy) is 2. The Balaban J connectivity index is 1.76. The van der Waals surface area contributed by atoms with Gasteiger partial charge in [-0.25, -0.2) is 14.6 Å². The van der Waals surface area contributed by atoms with E-state index >= 15 is 0 Å². The fourth-order valence-corrected chi connectivity index (χ4v) is 4.97. The molecule has 0 unspecified atom stereocenters. The highest BCUT2D eigenvalue weighted by Gasteiger charge is 2.33. The molecule has 35 heavy (non-hydrogen) atoms. The quantitative estimate of drug-likeness (QED) is 0.433. The number of rotatable bonds is 7. The zero-order valence-electron chi connectivity index (χ0n) is 19.7. The number of carbonyl (C=O) groups is 2. The number of methoxy groups -OCH3 is 1. The molecule has 0 fully saturated rings. The van der Waals surface area contributed by atoms with Gasteiger partial charge in [0.05, 0.1) is 24.9 Å². The van der Waals surface area contributed by atoms with Crippen LogP contribution in [-0.2, 0) is 15.3 Å². The van der Waals surface area contributed by atoms with Crippen LogP contribution in [0.25, 0.3) is 10.8 Å². The van der Waals surface area contributed by atoms with Crippen molar-refractivity contribution in [1.29, 1.82) is 0 Å². The highest BCUT2D eigenvalue weighted by atomic mass is 32.2. The molecule has 3 aromatic carbocycles. The highest BCUT2D eigenvalue weighted by Crippen LogP contribution is 2.41. The summed E-state index contributed by atoms with van der Waals surface area (Å²) in [5.41, 5.74) is 2.97. The molecule has 0 spiro atoms. The first-order valence-electron chi connectivity index (χ1n) is 11.2. The second kappa shape index (κ2) is 10.7. The maximum Gasteiger partial charge on any atom is 0.338 e. The number of aliphatic imine (C=N–C) groups is 1. The summed E-state index contributed by atoms with van der Waals surface area (Å²) in [6.07, 6.45) is 0. The van der Waals surface area contributed by atoms with Gasteiger partial charge in [-0.05, 0) is 48.4 Å². The standard InChI is InChI=1S/C27H26N2O5S/c1-4-34-26(32)22-16(2)28-27(35-15-17-8-7-10-19(14-17)25(30)31)29-24(22)23-20-11-6-5-9-18(20)12-13-21(23)33-3/h5-14,24H,4,15H2,1-3H3,(H,28,29)(H,30,31)/t24-/m0/s1. The third-order valence-corrected chi connectivity index (χ3v) is 6.65. The fourth-order valence-electron chi connectivity index (χ4n) is 4.08. The Morgan fingerprint density at radius 2 is 1.91 bits per heavy atom. The molecule has 1 aliphatic rings. The SMILES string of the molecule is CCOC(=O)C1=C(C)NC(SCc2cccc(C(=O)O)c2)=N[C@@H]1c1c(OC)ccc2ccccc12. The number of thioether (sulfide) groups is 1. The summed E-state index contributed by atoms with van der Waals surface area (Å²) >= 11 is 1.44. The van der Waals surface area contributed by atoms with Crippen LogP contribution < -0.4 is 10.1 Å². The highest BCUT2D eigenvalue weighted by molar-refractivity contribution is 8.13. The number of carboxylic acids is 1. The van der Waals surface area contributed by atoms with Crippen LogP contribution in [0.4, 0.5) is 0 Å². The van der Waals surface area contributed by atoms with Gasteiger partial charge in [-0.1, -0.05) is 54.2 Å². The van der Waals surface area contributed by atoms with Gasteiger partial charge in [-0.15, -0.1) is 0 Å². The van der Waals surface area contributed by atoms with Crippen molar-refractivity contribution >= 4 is 39.6 Å². The Morgan fingerprint density at radius 1 is 1.11 bits per heavy atom. The van der Waals surface area contributed by atoms with Crippen LogP contribution in [0.5, 0.6) is 5.75 Å². The van der Waals surface area contributed by atoms with E-state index in [9.17, 15) is 14.7 Å². The summed E-state index contributed by atoms with van der Waals surface area (Å²) < 4.78 is 11.1. The lowest BCUT2D eigenvalue weighted by molar-refractivity contribution is -0.138. The first kappa shape index (κ1) is 24.3. The molecular formula is C27H26N2O5S. The van der Waals surface area contributed by atoms with E-state index in [0.29, 0.717) is 27.9 Å². The van der Waals surface area contributed by atoms with Crippen LogP contribution in [0.15, 0.2) is 76.9 Å². The molecule has 0 radical (unpaired) electrons. The second-order valence-electron chi connectivity index (χ2n) is 7.92. The van der Waals surface area contributed by atoms with Crippen LogP contribution in [0.2, 0.25) is 0 Å². The Bertz CT molecular complexity index is 1350. The first-order valence-corrected chi connectivity index (χ1v) is 12.1. The van der Waals surface area contributed by atoms with E-state index in [1.807, 2.05) is 49.4 Å². The predicted molar refractivity (Wildman–Crippen MR) is 138 cm³/mol. The van der Waals surface area contributed by atoms with E-state index in [1.54, 1.807) is 32.2 Å². The topological polar surface area (TPSA) is 97.2 Å². The maximum atomic E-state index is 13.0. The lowest BCUT2D eigenvalue weighted by Gasteiger charge is -2.27. The van der Waals surface area contributed by atoms with Crippen LogP contribution in [0.3, 0.4) is 0 Å². The van der Waals surface area contributed by atoms with Crippen molar-refractivity contribution in [1.82, 2.24) is 5.32 Å². The lowest BCUT2D eigenvalue weighted by Crippen LogP contribution is -2.30. The van der Waals surface area contributed by atoms with Crippen molar-refractivity contribution in [2.45, 2.75) is 25.6 Å². The molecule has 0 bridgehead atoms. The number of benzene rings is 3. The van der Waals surface area contributed by atoms with Gasteiger partial charge in [0.15, 0.2) is 5.17 Å². The number of hydrogen-bond acceptors (Lipinski definition) is 7. The van der Waals surface area contributed by atoms with Gasteiger partial charge in [0.25, 0.3) is 0 Å². The molecule has 0 aliphatic carbocycles. The van der Waals surface area contributed by atoms with Gasteiger partial charge in [0.2, 0.25) is 0 Å². The van der Waals surface area contributed by atoms with Gasteiger partial charge in [0.1, 0.15) is 11.8 Å². The predicted octanol–water partition coefficient (Wildman–Crippen LogP) is 5.32. The molecule has 1 heterocycles. The third kappa shape index (κ3) is 5.17. The Labute approximate surface area is 207 Å². The molecule has 0 saturated heterocycles. The zero-order chi connectivity index (χ0) is 24.9. The minimum Gasteiger partial charge on any atom is -0.496 e. The Morgan fingerprint density at radius 3 is 2.66 bits per heavy atom. The fraction of sp³-hybridized carbons (Fsp3) is 0.222. The first-order chi connectivity index (χ1) is 16.9. The van der Waals surface area contributed by atoms with Gasteiger partial charge < -0.3 is 19.9 Å². The number of aromatic carboxylic acids is 1. The third-order valence-electron chi connectivity index (χ3n) is 5.69. The molecule has 0 saturated carbocycles. The lowest BCUT2D eigenvalue weighted by atomic mass is 9.91. The number of nitrogens with zero attached hydrogens (tertiary/aromatic N) is 1. The van der Waals surface area contributed by atoms with E-state index in [0.717, 1.165) is 21.9 Å². The van der Waals surface area contributed by atoms with Crippen LogP contribution in [-0.4, -0.2) is 35.9 Å². The Kier molecular flexibility index (Phi) is 7.41. The van der Waals surface area contributed by atoms with E-state index in [4.69, 9.17) is 14.5 Å². The van der Waals surface area contributed by atoms with E-state index < -0.39 is 18.0 Å². The van der Waals surface area contributed by atoms with E-state index in [2.05, 4.69) is 5.32 Å². The van der Waals surface area contributed by atoms with Gasteiger partial charge in [-0.3, -0.25) is 0 Å². The normalized spacial score (nSPS) is 15.4. The molecule has 4 rings (SSSR count). The minimum absolute atomic E-state index is 0.237. The molecule has 180 valence electrons. The van der Waals surface area contributed by atoms with Gasteiger partial charge in [0, 0.05) is 17.0 Å². The number of allylic oxidation sites excluding steroid dienone is 1. The number of carboxylic acid groups (broad SMARTS) is 1. The molecule has 1 aliphatic heterocycles. The van der Waals surface area contributed by atoms with Crippen molar-refractivity contribution in [2.24, 2.45) is 4.99 Å². The molecule has 2 N–H and O–H groups in total. The molecule has 0 aromatic heterocycles. The number of amidine groups is 1. The number of esters is 1. The summed E-state index contributed by atoms with van der Waals surface area (Å²) in [6, 6.07) is 18.0. The van der Waals surface area contributed by atoms with Crippen molar-refractivity contribution in [2.75, 3.05) is 13.7 Å². The smallest absolute Gasteiger partial charge is 0.338 e. The van der Waals surface area contributed by atoms with Crippen molar-refractivity contribution < 1.29 is 24.2 Å². The van der Waals surface area contributed by atoms with Gasteiger partial charge in [-0.2, -0.15) is 0 Å². The largest absolute Gasteiger partial charge is 0.496 e. The molecule has 0 amide bonds. The maximum absolute atomic E-state index is 13.0. The van der Waals surface area contributed by atoms with Crippen molar-refractivity contribution in [3.63, 3.8) is 0 Å². The minimum atomic E-state index is -0.967. The van der Waals surface area contributed by atoms with Crippen LogP contribution >= 0.6 is 11.8 Å². The monoisotopic (exact) mass is 490 g/mol. The zero-order valence-corrected chi connectivity index (χ0v) is 20.5. The number of fused-ring (bicyclic) bond motifs is 1. The number of carbonyl (C=O) groups excluding carboxylic acids is 1. The van der Waals surface area contributed by atoms with E-state index in [1.165, 1.54) is 11.8 Å². The molecule has 8 heteroatoms. The van der Waals surface area contributed by atoms with Gasteiger partial charge >= 0.3 is 11.9 Å². The second-order valence-corrected chi connectivity index (χ2v) is 8.88. The summed E-state index contributed by atoms with van der Waals surface area (Å²) in [5.74, 6) is -0.258. The summed E-state index contributed by atoms with van der Waals surface area (Å²) in [6.45, 7) is 3.85. The summed E-state index contributed by atoms with van der Waals surface area (Å²) in [7, 11) is 1.60. The average molecular weight is 491 g/mol. The molecule has 7 nitrogen and oxygen atoms in total. The molecule has 3 aromatic rings. The summed E-state index contributed by atoms with van der Waals surface area (Å²) in [5, 5.41) is 15.1. The Hall–Kier alpha value is -3.78. The van der Waals surface area contributed by atoms with Crippen molar-refractivity contribution in [3.8, 4) is 5.75 Å². The summed E-state index contributed by atoms with van der Waals surface area (Å²) in [4.78, 5) is 29.3. The van der Waals surface area contributed by atoms with Crippen LogP contribution in [0, 0.1) is 0 Å². The molecular weight excluding hydrogens is 464 g/mol. The van der Waals surface area contributed by atoms with Crippen molar-refractivity contribution in [3.05, 3.63) is 88.6 Å².